The predicted molar refractivity (Wildman–Crippen MR) is 94.7 cm³/mol. The van der Waals surface area contributed by atoms with Crippen molar-refractivity contribution in [2.75, 3.05) is 46.4 Å². The van der Waals surface area contributed by atoms with Gasteiger partial charge in [0.1, 0.15) is 0 Å². The molecule has 0 bridgehead atoms. The molecular weight excluding hydrogens is 368 g/mol. The van der Waals surface area contributed by atoms with E-state index in [4.69, 9.17) is 27.1 Å². The fourth-order valence-electron chi connectivity index (χ4n) is 2.37. The zero-order valence-electron chi connectivity index (χ0n) is 13.9. The third-order valence-corrected chi connectivity index (χ3v) is 5.92. The number of thiocarbonyl (C=S) groups is 1. The molecule has 0 saturated carbocycles. The molecule has 0 spiro atoms. The number of nitrogens with two attached hydrogens (primary N) is 1. The van der Waals surface area contributed by atoms with Gasteiger partial charge in [0.05, 0.1) is 0 Å². The number of piperazine rings is 1. The van der Waals surface area contributed by atoms with E-state index < -0.39 is 15.9 Å². The van der Waals surface area contributed by atoms with Crippen LogP contribution >= 0.6 is 12.2 Å². The topological polar surface area (TPSA) is 118 Å². The Kier molecular flexibility index (Phi) is 6.76. The molecule has 0 aromatic carbocycles. The molecule has 3 N–H and O–H groups in total. The molecule has 1 aromatic rings. The number of amides is 1. The second kappa shape index (κ2) is 8.61. The van der Waals surface area contributed by atoms with Crippen molar-refractivity contribution in [3.05, 3.63) is 17.9 Å². The number of hydrogen-bond acceptors (Lipinski definition) is 6. The molecule has 2 rings (SSSR count). The van der Waals surface area contributed by atoms with Crippen LogP contribution < -0.4 is 11.1 Å². The fourth-order valence-corrected chi connectivity index (χ4v) is 3.99. The smallest absolute Gasteiger partial charge is 0.284 e. The summed E-state index contributed by atoms with van der Waals surface area (Å²) in [7, 11) is -2.15. The number of primary amides is 1. The lowest BCUT2D eigenvalue weighted by Gasteiger charge is -2.35. The standard InChI is InChI=1S/C14H22N4O5S2/c1-22-10-2-5-16-14(24)17-6-8-18(9-7-17)25(20,21)12-4-3-11(23-12)13(15)19/h3-4H,2,5-10H2,1H3,(H2,15,19)(H,16,24). The Bertz CT molecular complexity index is 711. The second-order valence-electron chi connectivity index (χ2n) is 5.45. The maximum atomic E-state index is 12.5. The number of carbonyl (C=O) groups excluding carboxylic acids is 1. The molecule has 1 saturated heterocycles. The van der Waals surface area contributed by atoms with Crippen LogP contribution in [0, 0.1) is 0 Å². The minimum Gasteiger partial charge on any atom is -0.438 e. The molecule has 0 aliphatic carbocycles. The summed E-state index contributed by atoms with van der Waals surface area (Å²) in [4.78, 5) is 13.0. The summed E-state index contributed by atoms with van der Waals surface area (Å²) in [5, 5.41) is 3.44. The van der Waals surface area contributed by atoms with Gasteiger partial charge in [-0.2, -0.15) is 4.31 Å². The summed E-state index contributed by atoms with van der Waals surface area (Å²) < 4.78 is 36.4. The van der Waals surface area contributed by atoms with Gasteiger partial charge in [-0.25, -0.2) is 8.42 Å². The summed E-state index contributed by atoms with van der Waals surface area (Å²) >= 11 is 5.32. The number of rotatable bonds is 7. The van der Waals surface area contributed by atoms with E-state index in [2.05, 4.69) is 5.32 Å². The van der Waals surface area contributed by atoms with Gasteiger partial charge in [0.15, 0.2) is 10.9 Å². The van der Waals surface area contributed by atoms with E-state index >= 15 is 0 Å². The molecule has 11 heteroatoms. The summed E-state index contributed by atoms with van der Waals surface area (Å²) in [6.45, 7) is 2.84. The van der Waals surface area contributed by atoms with Crippen molar-refractivity contribution < 1.29 is 22.4 Å². The molecule has 25 heavy (non-hydrogen) atoms. The SMILES string of the molecule is COCCCNC(=S)N1CCN(S(=O)(=O)c2ccc(C(N)=O)o2)CC1. The fraction of sp³-hybridized carbons (Fsp3) is 0.571. The van der Waals surface area contributed by atoms with Crippen LogP contribution in [-0.4, -0.2) is 75.1 Å². The molecule has 9 nitrogen and oxygen atoms in total. The molecule has 1 fully saturated rings. The van der Waals surface area contributed by atoms with Gasteiger partial charge in [-0.3, -0.25) is 4.79 Å². The number of nitrogens with one attached hydrogen (secondary N) is 1. The summed E-state index contributed by atoms with van der Waals surface area (Å²) in [5.41, 5.74) is 5.08. The number of hydrogen-bond donors (Lipinski definition) is 2. The number of ether oxygens (including phenoxy) is 1. The average molecular weight is 390 g/mol. The number of carbonyl (C=O) groups is 1. The van der Waals surface area contributed by atoms with Crippen LogP contribution in [-0.2, 0) is 14.8 Å². The molecule has 2 heterocycles. The van der Waals surface area contributed by atoms with Gasteiger partial charge in [0.2, 0.25) is 5.09 Å². The highest BCUT2D eigenvalue weighted by atomic mass is 32.2. The third kappa shape index (κ3) is 4.91. The van der Waals surface area contributed by atoms with Crippen LogP contribution in [0.3, 0.4) is 0 Å². The molecule has 1 aliphatic rings. The van der Waals surface area contributed by atoms with E-state index in [1.54, 1.807) is 7.11 Å². The number of methoxy groups -OCH3 is 1. The third-order valence-electron chi connectivity index (χ3n) is 3.75. The first kappa shape index (κ1) is 19.6. The second-order valence-corrected chi connectivity index (χ2v) is 7.71. The average Bonchev–Trinajstić information content (AvgIpc) is 3.10. The molecule has 140 valence electrons. The molecule has 1 amide bonds. The minimum absolute atomic E-state index is 0.182. The lowest BCUT2D eigenvalue weighted by atomic mass is 10.4. The van der Waals surface area contributed by atoms with E-state index in [0.717, 1.165) is 6.42 Å². The van der Waals surface area contributed by atoms with E-state index in [0.29, 0.717) is 31.4 Å². The van der Waals surface area contributed by atoms with Gasteiger partial charge in [-0.15, -0.1) is 0 Å². The van der Waals surface area contributed by atoms with Crippen molar-refractivity contribution in [3.63, 3.8) is 0 Å². The maximum Gasteiger partial charge on any atom is 0.284 e. The van der Waals surface area contributed by atoms with E-state index in [-0.39, 0.29) is 23.9 Å². The number of nitrogens with zero attached hydrogens (tertiary/aromatic N) is 2. The lowest BCUT2D eigenvalue weighted by molar-refractivity contribution is 0.0968. The number of sulfonamides is 1. The maximum absolute atomic E-state index is 12.5. The van der Waals surface area contributed by atoms with Crippen molar-refractivity contribution in [2.45, 2.75) is 11.5 Å². The van der Waals surface area contributed by atoms with E-state index in [9.17, 15) is 13.2 Å². The minimum atomic E-state index is -3.80. The van der Waals surface area contributed by atoms with Crippen LogP contribution in [0.15, 0.2) is 21.6 Å². The Hall–Kier alpha value is -1.69. The Morgan fingerprint density at radius 1 is 1.36 bits per heavy atom. The van der Waals surface area contributed by atoms with Crippen molar-refractivity contribution in [1.82, 2.24) is 14.5 Å². The summed E-state index contributed by atoms with van der Waals surface area (Å²) in [6, 6.07) is 2.49. The zero-order valence-corrected chi connectivity index (χ0v) is 15.6. The summed E-state index contributed by atoms with van der Waals surface area (Å²) in [6.07, 6.45) is 0.839. The van der Waals surface area contributed by atoms with Gasteiger partial charge in [0, 0.05) is 46.4 Å². The highest BCUT2D eigenvalue weighted by Crippen LogP contribution is 2.20. The molecule has 1 aromatic heterocycles. The van der Waals surface area contributed by atoms with Crippen LogP contribution in [0.1, 0.15) is 17.0 Å². The van der Waals surface area contributed by atoms with Crippen molar-refractivity contribution in [2.24, 2.45) is 5.73 Å². The predicted octanol–water partition coefficient (Wildman–Crippen LogP) is -0.404. The first-order valence-corrected chi connectivity index (χ1v) is 9.62. The first-order chi connectivity index (χ1) is 11.9. The van der Waals surface area contributed by atoms with E-state index in [1.165, 1.54) is 16.4 Å². The largest absolute Gasteiger partial charge is 0.438 e. The van der Waals surface area contributed by atoms with Crippen molar-refractivity contribution in [1.29, 1.82) is 0 Å². The van der Waals surface area contributed by atoms with Gasteiger partial charge in [-0.05, 0) is 30.8 Å². The van der Waals surface area contributed by atoms with Gasteiger partial charge < -0.3 is 25.1 Å². The van der Waals surface area contributed by atoms with Gasteiger partial charge in [-0.1, -0.05) is 0 Å². The Morgan fingerprint density at radius 2 is 2.04 bits per heavy atom. The quantitative estimate of drug-likeness (QED) is 0.477. The number of furan rings is 1. The Balaban J connectivity index is 1.90. The van der Waals surface area contributed by atoms with Crippen molar-refractivity contribution >= 4 is 33.3 Å². The van der Waals surface area contributed by atoms with Gasteiger partial charge in [0.25, 0.3) is 15.9 Å². The summed E-state index contributed by atoms with van der Waals surface area (Å²) in [5.74, 6) is -0.991. The highest BCUT2D eigenvalue weighted by Gasteiger charge is 2.31. The lowest BCUT2D eigenvalue weighted by Crippen LogP contribution is -2.53. The first-order valence-electron chi connectivity index (χ1n) is 7.77. The van der Waals surface area contributed by atoms with E-state index in [1.807, 2.05) is 4.90 Å². The molecule has 0 atom stereocenters. The normalized spacial score (nSPS) is 16.0. The van der Waals surface area contributed by atoms with Crippen LogP contribution in [0.5, 0.6) is 0 Å². The Labute approximate surface area is 152 Å². The van der Waals surface area contributed by atoms with Crippen LogP contribution in [0.2, 0.25) is 0 Å². The Morgan fingerprint density at radius 3 is 2.60 bits per heavy atom. The monoisotopic (exact) mass is 390 g/mol. The van der Waals surface area contributed by atoms with Crippen molar-refractivity contribution in [3.8, 4) is 0 Å². The molecule has 1 aliphatic heterocycles. The molecular formula is C14H22N4O5S2. The van der Waals surface area contributed by atoms with Crippen LogP contribution in [0.4, 0.5) is 0 Å². The van der Waals surface area contributed by atoms with Crippen LogP contribution in [0.25, 0.3) is 0 Å². The molecule has 0 unspecified atom stereocenters. The highest BCUT2D eigenvalue weighted by molar-refractivity contribution is 7.89. The van der Waals surface area contributed by atoms with Gasteiger partial charge >= 0.3 is 0 Å². The molecule has 0 radical (unpaired) electrons. The zero-order chi connectivity index (χ0) is 18.4.